The Labute approximate surface area is 139 Å². The lowest BCUT2D eigenvalue weighted by molar-refractivity contribution is -0.144. The third-order valence-corrected chi connectivity index (χ3v) is 3.84. The summed E-state index contributed by atoms with van der Waals surface area (Å²) < 4.78 is 12.5. The van der Waals surface area contributed by atoms with E-state index in [0.717, 1.165) is 41.5 Å². The lowest BCUT2D eigenvalue weighted by atomic mass is 10.1. The number of hydrogen-bond acceptors (Lipinski definition) is 6. The average molecular weight is 328 g/mol. The Morgan fingerprint density at radius 3 is 3.08 bits per heavy atom. The maximum absolute atomic E-state index is 12.1. The molecule has 0 N–H and O–H groups in total. The summed E-state index contributed by atoms with van der Waals surface area (Å²) in [5, 5.41) is 12.4. The summed E-state index contributed by atoms with van der Waals surface area (Å²) in [6.45, 7) is 4.89. The van der Waals surface area contributed by atoms with Gasteiger partial charge in [-0.2, -0.15) is 0 Å². The normalized spacial score (nSPS) is 11.1. The van der Waals surface area contributed by atoms with E-state index in [1.54, 1.807) is 10.9 Å². The summed E-state index contributed by atoms with van der Waals surface area (Å²) in [4.78, 5) is 12.1. The number of unbranched alkanes of at least 4 members (excludes halogenated alkanes) is 1. The Hall–Kier alpha value is -2.70. The Bertz CT molecular complexity index is 837. The largest absolute Gasteiger partial charge is 0.464 e. The van der Waals surface area contributed by atoms with Crippen LogP contribution in [-0.4, -0.2) is 26.2 Å². The van der Waals surface area contributed by atoms with E-state index < -0.39 is 0 Å². The second-order valence-electron chi connectivity index (χ2n) is 5.77. The van der Waals surface area contributed by atoms with Gasteiger partial charge in [-0.15, -0.1) is 5.10 Å². The lowest BCUT2D eigenvalue weighted by Gasteiger charge is -2.05. The molecule has 7 heteroatoms. The van der Waals surface area contributed by atoms with Gasteiger partial charge in [0.05, 0.1) is 12.7 Å². The predicted molar refractivity (Wildman–Crippen MR) is 87.2 cm³/mol. The van der Waals surface area contributed by atoms with Crippen LogP contribution in [0.1, 0.15) is 36.7 Å². The summed E-state index contributed by atoms with van der Waals surface area (Å²) in [5.74, 6) is 0.229. The van der Waals surface area contributed by atoms with Gasteiger partial charge in [-0.1, -0.05) is 25.5 Å². The number of nitrogens with zero attached hydrogens (tertiary/aromatic N) is 4. The topological polar surface area (TPSA) is 83.0 Å². The van der Waals surface area contributed by atoms with E-state index in [-0.39, 0.29) is 19.0 Å². The minimum Gasteiger partial charge on any atom is -0.464 e. The zero-order chi connectivity index (χ0) is 16.9. The summed E-state index contributed by atoms with van der Waals surface area (Å²) in [6.07, 6.45) is 3.79. The number of carbonyl (C=O) groups is 1. The third kappa shape index (κ3) is 3.61. The number of fused-ring (bicyclic) bond motifs is 1. The number of carbonyl (C=O) groups excluding carboxylic acids is 1. The minimum atomic E-state index is -0.330. The SMILES string of the molecule is CCCCn1nnnc1COC(=O)Cc1coc2cc(C)ccc12. The fraction of sp³-hybridized carbons (Fsp3) is 0.412. The van der Waals surface area contributed by atoms with Crippen LogP contribution in [0.15, 0.2) is 28.9 Å². The summed E-state index contributed by atoms with van der Waals surface area (Å²) in [6, 6.07) is 5.91. The molecule has 2 heterocycles. The van der Waals surface area contributed by atoms with Crippen LogP contribution in [0, 0.1) is 6.92 Å². The van der Waals surface area contributed by atoms with Gasteiger partial charge in [0.1, 0.15) is 5.58 Å². The number of esters is 1. The fourth-order valence-electron chi connectivity index (χ4n) is 2.49. The molecule has 3 aromatic rings. The monoisotopic (exact) mass is 328 g/mol. The number of hydrogen-bond donors (Lipinski definition) is 0. The Morgan fingerprint density at radius 1 is 1.38 bits per heavy atom. The molecule has 0 fully saturated rings. The predicted octanol–water partition coefficient (Wildman–Crippen LogP) is 2.81. The van der Waals surface area contributed by atoms with Crippen LogP contribution < -0.4 is 0 Å². The molecular formula is C17H20N4O3. The lowest BCUT2D eigenvalue weighted by Crippen LogP contribution is -2.12. The van der Waals surface area contributed by atoms with E-state index in [0.29, 0.717) is 5.82 Å². The van der Waals surface area contributed by atoms with Crippen LogP contribution in [0.25, 0.3) is 11.0 Å². The van der Waals surface area contributed by atoms with Gasteiger partial charge in [-0.3, -0.25) is 4.79 Å². The molecule has 0 bridgehead atoms. The van der Waals surface area contributed by atoms with E-state index in [9.17, 15) is 4.79 Å². The van der Waals surface area contributed by atoms with Crippen molar-refractivity contribution in [1.29, 1.82) is 0 Å². The van der Waals surface area contributed by atoms with Crippen LogP contribution in [-0.2, 0) is 29.1 Å². The molecule has 0 atom stereocenters. The highest BCUT2D eigenvalue weighted by molar-refractivity contribution is 5.86. The molecule has 126 valence electrons. The Kier molecular flexibility index (Phi) is 4.88. The molecule has 0 saturated carbocycles. The van der Waals surface area contributed by atoms with Crippen molar-refractivity contribution in [2.24, 2.45) is 0 Å². The van der Waals surface area contributed by atoms with Crippen molar-refractivity contribution in [2.75, 3.05) is 0 Å². The first-order valence-electron chi connectivity index (χ1n) is 8.04. The molecule has 0 spiro atoms. The van der Waals surface area contributed by atoms with Gasteiger partial charge in [-0.05, 0) is 35.4 Å². The zero-order valence-corrected chi connectivity index (χ0v) is 13.9. The van der Waals surface area contributed by atoms with Crippen LogP contribution in [0.5, 0.6) is 0 Å². The number of aryl methyl sites for hydroxylation is 2. The molecular weight excluding hydrogens is 308 g/mol. The van der Waals surface area contributed by atoms with Gasteiger partial charge in [-0.25, -0.2) is 4.68 Å². The molecule has 0 unspecified atom stereocenters. The van der Waals surface area contributed by atoms with E-state index in [1.165, 1.54) is 0 Å². The molecule has 0 aliphatic heterocycles. The van der Waals surface area contributed by atoms with E-state index in [2.05, 4.69) is 22.4 Å². The van der Waals surface area contributed by atoms with E-state index in [1.807, 2.05) is 25.1 Å². The Morgan fingerprint density at radius 2 is 2.25 bits per heavy atom. The maximum Gasteiger partial charge on any atom is 0.310 e. The second-order valence-corrected chi connectivity index (χ2v) is 5.77. The number of rotatable bonds is 7. The molecule has 1 aromatic carbocycles. The average Bonchev–Trinajstić information content (AvgIpc) is 3.17. The molecule has 7 nitrogen and oxygen atoms in total. The van der Waals surface area contributed by atoms with Crippen molar-refractivity contribution in [3.8, 4) is 0 Å². The summed E-state index contributed by atoms with van der Waals surface area (Å²) in [5.41, 5.74) is 2.71. The molecule has 0 radical (unpaired) electrons. The molecule has 0 aliphatic rings. The molecule has 24 heavy (non-hydrogen) atoms. The molecule has 0 aliphatic carbocycles. The van der Waals surface area contributed by atoms with Gasteiger partial charge < -0.3 is 9.15 Å². The summed E-state index contributed by atoms with van der Waals surface area (Å²) >= 11 is 0. The van der Waals surface area contributed by atoms with Crippen LogP contribution in [0.2, 0.25) is 0 Å². The molecule has 3 rings (SSSR count). The van der Waals surface area contributed by atoms with Crippen molar-refractivity contribution in [1.82, 2.24) is 20.2 Å². The highest BCUT2D eigenvalue weighted by Gasteiger charge is 2.13. The highest BCUT2D eigenvalue weighted by atomic mass is 16.5. The van der Waals surface area contributed by atoms with E-state index >= 15 is 0 Å². The van der Waals surface area contributed by atoms with Gasteiger partial charge in [0.15, 0.2) is 12.4 Å². The van der Waals surface area contributed by atoms with Crippen molar-refractivity contribution in [3.63, 3.8) is 0 Å². The van der Waals surface area contributed by atoms with Crippen LogP contribution in [0.4, 0.5) is 0 Å². The fourth-order valence-corrected chi connectivity index (χ4v) is 2.49. The van der Waals surface area contributed by atoms with Gasteiger partial charge in [0.2, 0.25) is 0 Å². The highest BCUT2D eigenvalue weighted by Crippen LogP contribution is 2.23. The molecule has 0 saturated heterocycles. The standard InChI is InChI=1S/C17H20N4O3/c1-3-4-7-21-16(18-19-20-21)11-24-17(22)9-13-10-23-15-8-12(2)5-6-14(13)15/h5-6,8,10H,3-4,7,9,11H2,1-2H3. The zero-order valence-electron chi connectivity index (χ0n) is 13.9. The van der Waals surface area contributed by atoms with Gasteiger partial charge in [0, 0.05) is 17.5 Å². The van der Waals surface area contributed by atoms with Crippen molar-refractivity contribution in [3.05, 3.63) is 41.4 Å². The first-order chi connectivity index (χ1) is 11.7. The van der Waals surface area contributed by atoms with Gasteiger partial charge in [0.25, 0.3) is 0 Å². The van der Waals surface area contributed by atoms with Crippen molar-refractivity contribution in [2.45, 2.75) is 46.3 Å². The van der Waals surface area contributed by atoms with E-state index in [4.69, 9.17) is 9.15 Å². The first kappa shape index (κ1) is 16.2. The molecule has 2 aromatic heterocycles. The van der Waals surface area contributed by atoms with Crippen molar-refractivity contribution < 1.29 is 13.9 Å². The number of aromatic nitrogens is 4. The third-order valence-electron chi connectivity index (χ3n) is 3.84. The quantitative estimate of drug-likeness (QED) is 0.620. The van der Waals surface area contributed by atoms with Crippen LogP contribution in [0.3, 0.4) is 0 Å². The second kappa shape index (κ2) is 7.25. The van der Waals surface area contributed by atoms with Crippen LogP contribution >= 0.6 is 0 Å². The smallest absolute Gasteiger partial charge is 0.310 e. The minimum absolute atomic E-state index is 0.0738. The number of benzene rings is 1. The summed E-state index contributed by atoms with van der Waals surface area (Å²) in [7, 11) is 0. The number of furan rings is 1. The Balaban J connectivity index is 1.60. The van der Waals surface area contributed by atoms with Gasteiger partial charge >= 0.3 is 5.97 Å². The maximum atomic E-state index is 12.1. The first-order valence-corrected chi connectivity index (χ1v) is 8.04. The number of ether oxygens (including phenoxy) is 1. The number of tetrazole rings is 1. The molecule has 0 amide bonds. The van der Waals surface area contributed by atoms with Crippen molar-refractivity contribution >= 4 is 16.9 Å².